The molecule has 0 aromatic carbocycles. The Kier molecular flexibility index (Phi) is 3.96. The summed E-state index contributed by atoms with van der Waals surface area (Å²) >= 11 is 0. The van der Waals surface area contributed by atoms with Crippen LogP contribution in [-0.4, -0.2) is 23.1 Å². The molecule has 0 aliphatic heterocycles. The highest BCUT2D eigenvalue weighted by Gasteiger charge is 2.27. The third kappa shape index (κ3) is 3.44. The van der Waals surface area contributed by atoms with E-state index in [9.17, 15) is 4.79 Å². The van der Waals surface area contributed by atoms with Gasteiger partial charge in [0.25, 0.3) is 0 Å². The zero-order chi connectivity index (χ0) is 12.1. The Hall–Kier alpha value is -1.58. The second-order valence-corrected chi connectivity index (χ2v) is 4.40. The van der Waals surface area contributed by atoms with E-state index in [1.54, 1.807) is 6.20 Å². The SMILES string of the molecule is CC(=O)OC1CCCCC1Nc1ccccn1. The van der Waals surface area contributed by atoms with Crippen molar-refractivity contribution in [2.24, 2.45) is 0 Å². The minimum Gasteiger partial charge on any atom is -0.460 e. The zero-order valence-electron chi connectivity index (χ0n) is 10.1. The van der Waals surface area contributed by atoms with Gasteiger partial charge in [-0.15, -0.1) is 0 Å². The van der Waals surface area contributed by atoms with E-state index in [2.05, 4.69) is 10.3 Å². The minimum atomic E-state index is -0.204. The maximum atomic E-state index is 11.0. The molecule has 2 rings (SSSR count). The second kappa shape index (κ2) is 5.66. The largest absolute Gasteiger partial charge is 0.460 e. The molecule has 0 bridgehead atoms. The van der Waals surface area contributed by atoms with Crippen LogP contribution in [0.4, 0.5) is 5.82 Å². The number of anilines is 1. The third-order valence-corrected chi connectivity index (χ3v) is 3.02. The molecule has 0 saturated heterocycles. The monoisotopic (exact) mass is 234 g/mol. The molecule has 2 atom stereocenters. The Morgan fingerprint density at radius 1 is 1.41 bits per heavy atom. The fourth-order valence-electron chi connectivity index (χ4n) is 2.25. The lowest BCUT2D eigenvalue weighted by Gasteiger charge is -2.31. The van der Waals surface area contributed by atoms with E-state index >= 15 is 0 Å². The summed E-state index contributed by atoms with van der Waals surface area (Å²) in [4.78, 5) is 15.3. The quantitative estimate of drug-likeness (QED) is 0.816. The van der Waals surface area contributed by atoms with Crippen molar-refractivity contribution >= 4 is 11.8 Å². The van der Waals surface area contributed by atoms with Crippen molar-refractivity contribution < 1.29 is 9.53 Å². The first kappa shape index (κ1) is 11.9. The molecule has 1 aromatic heterocycles. The molecule has 1 aliphatic carbocycles. The number of ether oxygens (including phenoxy) is 1. The highest BCUT2D eigenvalue weighted by Crippen LogP contribution is 2.24. The van der Waals surface area contributed by atoms with E-state index in [0.717, 1.165) is 25.1 Å². The summed E-state index contributed by atoms with van der Waals surface area (Å²) < 4.78 is 5.35. The van der Waals surface area contributed by atoms with Crippen LogP contribution >= 0.6 is 0 Å². The van der Waals surface area contributed by atoms with Crippen LogP contribution < -0.4 is 5.32 Å². The molecule has 0 radical (unpaired) electrons. The van der Waals surface area contributed by atoms with Crippen LogP contribution in [-0.2, 0) is 9.53 Å². The molecule has 1 saturated carbocycles. The number of carbonyl (C=O) groups is 1. The summed E-state index contributed by atoms with van der Waals surface area (Å²) in [5.41, 5.74) is 0. The molecule has 1 aliphatic rings. The van der Waals surface area contributed by atoms with Crippen molar-refractivity contribution in [2.75, 3.05) is 5.32 Å². The van der Waals surface area contributed by atoms with Crippen LogP contribution in [0.1, 0.15) is 32.6 Å². The Morgan fingerprint density at radius 3 is 2.94 bits per heavy atom. The van der Waals surface area contributed by atoms with Crippen molar-refractivity contribution in [3.63, 3.8) is 0 Å². The van der Waals surface area contributed by atoms with Crippen LogP contribution in [0.25, 0.3) is 0 Å². The molecule has 1 N–H and O–H groups in total. The van der Waals surface area contributed by atoms with Gasteiger partial charge in [-0.2, -0.15) is 0 Å². The summed E-state index contributed by atoms with van der Waals surface area (Å²) in [5.74, 6) is 0.640. The van der Waals surface area contributed by atoms with E-state index in [1.165, 1.54) is 13.3 Å². The maximum Gasteiger partial charge on any atom is 0.302 e. The molecule has 1 heterocycles. The summed E-state index contributed by atoms with van der Waals surface area (Å²) in [6, 6.07) is 5.94. The lowest BCUT2D eigenvalue weighted by Crippen LogP contribution is -2.39. The van der Waals surface area contributed by atoms with Gasteiger partial charge in [0.15, 0.2) is 0 Å². The standard InChI is InChI=1S/C13H18N2O2/c1-10(16)17-12-7-3-2-6-11(12)15-13-8-4-5-9-14-13/h4-5,8-9,11-12H,2-3,6-7H2,1H3,(H,14,15). The van der Waals surface area contributed by atoms with Gasteiger partial charge in [0, 0.05) is 13.1 Å². The number of esters is 1. The maximum absolute atomic E-state index is 11.0. The molecule has 2 unspecified atom stereocenters. The van der Waals surface area contributed by atoms with Crippen molar-refractivity contribution in [1.29, 1.82) is 0 Å². The van der Waals surface area contributed by atoms with E-state index in [1.807, 2.05) is 18.2 Å². The topological polar surface area (TPSA) is 51.2 Å². The molecule has 1 fully saturated rings. The summed E-state index contributed by atoms with van der Waals surface area (Å²) in [5, 5.41) is 3.35. The smallest absolute Gasteiger partial charge is 0.302 e. The van der Waals surface area contributed by atoms with Gasteiger partial charge in [-0.25, -0.2) is 4.98 Å². The minimum absolute atomic E-state index is 0.0248. The van der Waals surface area contributed by atoms with Gasteiger partial charge in [0.05, 0.1) is 6.04 Å². The van der Waals surface area contributed by atoms with Crippen LogP contribution in [0.5, 0.6) is 0 Å². The Balaban J connectivity index is 1.99. The number of carbonyl (C=O) groups excluding carboxylic acids is 1. The average Bonchev–Trinajstić information content (AvgIpc) is 2.32. The van der Waals surface area contributed by atoms with Gasteiger partial charge in [-0.05, 0) is 31.4 Å². The van der Waals surface area contributed by atoms with Crippen molar-refractivity contribution in [1.82, 2.24) is 4.98 Å². The number of hydrogen-bond donors (Lipinski definition) is 1. The first-order valence-corrected chi connectivity index (χ1v) is 6.10. The van der Waals surface area contributed by atoms with Crippen LogP contribution in [0.3, 0.4) is 0 Å². The normalized spacial score (nSPS) is 24.1. The molecule has 0 spiro atoms. The van der Waals surface area contributed by atoms with Crippen molar-refractivity contribution in [2.45, 2.75) is 44.8 Å². The third-order valence-electron chi connectivity index (χ3n) is 3.02. The van der Waals surface area contributed by atoms with Crippen LogP contribution in [0.2, 0.25) is 0 Å². The Labute approximate surface area is 101 Å². The highest BCUT2D eigenvalue weighted by atomic mass is 16.5. The van der Waals surface area contributed by atoms with Gasteiger partial charge in [-0.1, -0.05) is 12.5 Å². The van der Waals surface area contributed by atoms with E-state index in [4.69, 9.17) is 4.74 Å². The highest BCUT2D eigenvalue weighted by molar-refractivity contribution is 5.66. The first-order chi connectivity index (χ1) is 8.25. The van der Waals surface area contributed by atoms with E-state index in [-0.39, 0.29) is 18.1 Å². The van der Waals surface area contributed by atoms with Gasteiger partial charge >= 0.3 is 5.97 Å². The predicted octanol–water partition coefficient (Wildman–Crippen LogP) is 2.37. The molecule has 0 amide bonds. The lowest BCUT2D eigenvalue weighted by atomic mass is 9.92. The predicted molar refractivity (Wildman–Crippen MR) is 65.7 cm³/mol. The van der Waals surface area contributed by atoms with E-state index < -0.39 is 0 Å². The van der Waals surface area contributed by atoms with Crippen molar-refractivity contribution in [3.05, 3.63) is 24.4 Å². The van der Waals surface area contributed by atoms with Gasteiger partial charge < -0.3 is 10.1 Å². The number of aromatic nitrogens is 1. The summed E-state index contributed by atoms with van der Waals surface area (Å²) in [6.45, 7) is 1.46. The molecule has 4 heteroatoms. The zero-order valence-corrected chi connectivity index (χ0v) is 10.1. The second-order valence-electron chi connectivity index (χ2n) is 4.40. The molecule has 4 nitrogen and oxygen atoms in total. The molecule has 17 heavy (non-hydrogen) atoms. The van der Waals surface area contributed by atoms with Gasteiger partial charge in [0.1, 0.15) is 11.9 Å². The lowest BCUT2D eigenvalue weighted by molar-refractivity contribution is -0.148. The van der Waals surface area contributed by atoms with Crippen LogP contribution in [0, 0.1) is 0 Å². The number of nitrogens with zero attached hydrogens (tertiary/aromatic N) is 1. The average molecular weight is 234 g/mol. The number of nitrogens with one attached hydrogen (secondary N) is 1. The number of pyridine rings is 1. The Morgan fingerprint density at radius 2 is 2.24 bits per heavy atom. The molecule has 1 aromatic rings. The summed E-state index contributed by atoms with van der Waals surface area (Å²) in [7, 11) is 0. The Bertz CT molecular complexity index is 367. The van der Waals surface area contributed by atoms with Crippen molar-refractivity contribution in [3.8, 4) is 0 Å². The van der Waals surface area contributed by atoms with Gasteiger partial charge in [0.2, 0.25) is 0 Å². The summed E-state index contributed by atoms with van der Waals surface area (Å²) in [6.07, 6.45) is 5.98. The molecular formula is C13H18N2O2. The molecular weight excluding hydrogens is 216 g/mol. The molecule has 92 valence electrons. The fraction of sp³-hybridized carbons (Fsp3) is 0.538. The fourth-order valence-corrected chi connectivity index (χ4v) is 2.25. The number of hydrogen-bond acceptors (Lipinski definition) is 4. The van der Waals surface area contributed by atoms with E-state index in [0.29, 0.717) is 0 Å². The first-order valence-electron chi connectivity index (χ1n) is 6.10. The number of rotatable bonds is 3. The van der Waals surface area contributed by atoms with Crippen LogP contribution in [0.15, 0.2) is 24.4 Å². The van der Waals surface area contributed by atoms with Gasteiger partial charge in [-0.3, -0.25) is 4.79 Å².